The number of fused-ring (bicyclic) bond motifs is 1. The summed E-state index contributed by atoms with van der Waals surface area (Å²) in [5, 5.41) is 0. The zero-order chi connectivity index (χ0) is 18.3. The number of hydrogen-bond donors (Lipinski definition) is 1. The van der Waals surface area contributed by atoms with Gasteiger partial charge in [-0.2, -0.15) is 0 Å². The van der Waals surface area contributed by atoms with E-state index < -0.39 is 17.5 Å². The summed E-state index contributed by atoms with van der Waals surface area (Å²) < 4.78 is 46.4. The summed E-state index contributed by atoms with van der Waals surface area (Å²) in [5.41, 5.74) is 0.467. The molecule has 3 aromatic rings. The Balaban J connectivity index is 1.64. The maximum Gasteiger partial charge on any atom is 0.254 e. The van der Waals surface area contributed by atoms with Gasteiger partial charge < -0.3 is 9.40 Å². The van der Waals surface area contributed by atoms with Crippen molar-refractivity contribution in [3.8, 4) is 11.6 Å². The smallest absolute Gasteiger partial charge is 0.254 e. The Hall–Kier alpha value is -2.87. The van der Waals surface area contributed by atoms with Crippen LogP contribution in [-0.4, -0.2) is 21.4 Å². The third-order valence-electron chi connectivity index (χ3n) is 4.43. The highest BCUT2D eigenvalue weighted by atomic mass is 19.2. The van der Waals surface area contributed by atoms with E-state index >= 15 is 0 Å². The van der Waals surface area contributed by atoms with Gasteiger partial charge in [0.2, 0.25) is 0 Å². The number of aromatic nitrogens is 2. The molecule has 0 radical (unpaired) electrons. The van der Waals surface area contributed by atoms with Gasteiger partial charge in [-0.05, 0) is 30.7 Å². The molecule has 0 saturated heterocycles. The van der Waals surface area contributed by atoms with Crippen molar-refractivity contribution in [3.63, 3.8) is 0 Å². The third-order valence-corrected chi connectivity index (χ3v) is 4.43. The van der Waals surface area contributed by atoms with Crippen LogP contribution in [0, 0.1) is 17.5 Å². The van der Waals surface area contributed by atoms with Crippen LogP contribution in [0.25, 0.3) is 11.6 Å². The molecule has 26 heavy (non-hydrogen) atoms. The number of hydrogen-bond acceptors (Lipinski definition) is 4. The molecule has 5 nitrogen and oxygen atoms in total. The molecule has 1 aliphatic rings. The second-order valence-electron chi connectivity index (χ2n) is 6.10. The molecular formula is C18H14F3N3O2. The summed E-state index contributed by atoms with van der Waals surface area (Å²) in [4.78, 5) is 21.1. The van der Waals surface area contributed by atoms with Crippen LogP contribution in [0.15, 0.2) is 39.7 Å². The van der Waals surface area contributed by atoms with Crippen LogP contribution in [0.5, 0.6) is 0 Å². The molecule has 1 aliphatic heterocycles. The highest BCUT2D eigenvalue weighted by molar-refractivity contribution is 5.47. The van der Waals surface area contributed by atoms with E-state index in [1.165, 1.54) is 6.26 Å². The Bertz CT molecular complexity index is 1020. The van der Waals surface area contributed by atoms with Gasteiger partial charge >= 0.3 is 0 Å². The third kappa shape index (κ3) is 2.92. The number of furan rings is 1. The summed E-state index contributed by atoms with van der Waals surface area (Å²) in [7, 11) is 0. The normalized spacial score (nSPS) is 14.4. The maximum absolute atomic E-state index is 13.9. The van der Waals surface area contributed by atoms with Crippen LogP contribution in [0.3, 0.4) is 0 Å². The first-order chi connectivity index (χ1) is 12.5. The fourth-order valence-electron chi connectivity index (χ4n) is 3.10. The fraction of sp³-hybridized carbons (Fsp3) is 0.222. The molecule has 0 atom stereocenters. The van der Waals surface area contributed by atoms with E-state index in [0.717, 1.165) is 12.1 Å². The standard InChI is InChI=1S/C18H14F3N3O2/c19-12-3-4-13(20)16(21)11(12)8-24-6-5-10-14(9-24)22-17(23-18(10)25)15-2-1-7-26-15/h1-4,7H,5-6,8-9H2,(H,22,23,25). The Kier molecular flexibility index (Phi) is 4.12. The maximum atomic E-state index is 13.9. The van der Waals surface area contributed by atoms with E-state index in [1.807, 2.05) is 0 Å². The van der Waals surface area contributed by atoms with Gasteiger partial charge in [-0.15, -0.1) is 0 Å². The van der Waals surface area contributed by atoms with Gasteiger partial charge in [-0.25, -0.2) is 18.2 Å². The molecule has 0 spiro atoms. The van der Waals surface area contributed by atoms with E-state index in [4.69, 9.17) is 4.42 Å². The quantitative estimate of drug-likeness (QED) is 0.729. The molecule has 1 aromatic carbocycles. The van der Waals surface area contributed by atoms with Gasteiger partial charge in [0.15, 0.2) is 23.2 Å². The number of halogens is 3. The Morgan fingerprint density at radius 3 is 2.77 bits per heavy atom. The summed E-state index contributed by atoms with van der Waals surface area (Å²) in [6.07, 6.45) is 1.85. The molecule has 4 rings (SSSR count). The van der Waals surface area contributed by atoms with Crippen molar-refractivity contribution in [2.24, 2.45) is 0 Å². The molecule has 1 N–H and O–H groups in total. The fourth-order valence-corrected chi connectivity index (χ4v) is 3.10. The first-order valence-corrected chi connectivity index (χ1v) is 8.03. The minimum Gasteiger partial charge on any atom is -0.461 e. The Morgan fingerprint density at radius 1 is 1.19 bits per heavy atom. The topological polar surface area (TPSA) is 62.1 Å². The van der Waals surface area contributed by atoms with E-state index in [-0.39, 0.29) is 24.2 Å². The summed E-state index contributed by atoms with van der Waals surface area (Å²) >= 11 is 0. The van der Waals surface area contributed by atoms with Gasteiger partial charge in [0.25, 0.3) is 5.56 Å². The summed E-state index contributed by atoms with van der Waals surface area (Å²) in [5.74, 6) is -2.36. The Labute approximate surface area is 146 Å². The molecule has 0 aliphatic carbocycles. The van der Waals surface area contributed by atoms with E-state index in [9.17, 15) is 18.0 Å². The summed E-state index contributed by atoms with van der Waals surface area (Å²) in [6, 6.07) is 5.01. The van der Waals surface area contributed by atoms with Crippen molar-refractivity contribution in [2.45, 2.75) is 19.5 Å². The first kappa shape index (κ1) is 16.6. The van der Waals surface area contributed by atoms with Crippen LogP contribution in [0.1, 0.15) is 16.8 Å². The van der Waals surface area contributed by atoms with Gasteiger partial charge in [0, 0.05) is 30.8 Å². The van der Waals surface area contributed by atoms with E-state index in [2.05, 4.69) is 9.97 Å². The van der Waals surface area contributed by atoms with Crippen molar-refractivity contribution in [3.05, 3.63) is 75.2 Å². The van der Waals surface area contributed by atoms with Gasteiger partial charge in [0.1, 0.15) is 5.82 Å². The lowest BCUT2D eigenvalue weighted by Crippen LogP contribution is -2.35. The predicted molar refractivity (Wildman–Crippen MR) is 86.7 cm³/mol. The van der Waals surface area contributed by atoms with Gasteiger partial charge in [0.05, 0.1) is 12.0 Å². The number of benzene rings is 1. The van der Waals surface area contributed by atoms with Crippen LogP contribution >= 0.6 is 0 Å². The monoisotopic (exact) mass is 361 g/mol. The zero-order valence-electron chi connectivity index (χ0n) is 13.6. The molecule has 2 aromatic heterocycles. The predicted octanol–water partition coefficient (Wildman–Crippen LogP) is 3.01. The number of rotatable bonds is 3. The highest BCUT2D eigenvalue weighted by Gasteiger charge is 2.24. The lowest BCUT2D eigenvalue weighted by atomic mass is 10.0. The van der Waals surface area contributed by atoms with Crippen LogP contribution in [-0.2, 0) is 19.5 Å². The first-order valence-electron chi connectivity index (χ1n) is 8.03. The molecule has 0 saturated carbocycles. The Morgan fingerprint density at radius 2 is 2.00 bits per heavy atom. The number of H-pyrrole nitrogens is 1. The lowest BCUT2D eigenvalue weighted by Gasteiger charge is -2.27. The van der Waals surface area contributed by atoms with Crippen LogP contribution in [0.2, 0.25) is 0 Å². The average molecular weight is 361 g/mol. The van der Waals surface area contributed by atoms with Gasteiger partial charge in [-0.3, -0.25) is 9.69 Å². The van der Waals surface area contributed by atoms with E-state index in [0.29, 0.717) is 35.8 Å². The van der Waals surface area contributed by atoms with Crippen LogP contribution in [0.4, 0.5) is 13.2 Å². The largest absolute Gasteiger partial charge is 0.461 e. The SMILES string of the molecule is O=c1[nH]c(-c2ccco2)nc2c1CCN(Cc1c(F)ccc(F)c1F)C2. The van der Waals surface area contributed by atoms with E-state index in [1.54, 1.807) is 17.0 Å². The molecule has 8 heteroatoms. The molecule has 0 amide bonds. The van der Waals surface area contributed by atoms with Crippen molar-refractivity contribution in [1.82, 2.24) is 14.9 Å². The second kappa shape index (κ2) is 6.45. The van der Waals surface area contributed by atoms with Crippen molar-refractivity contribution >= 4 is 0 Å². The molecule has 134 valence electrons. The molecule has 0 unspecified atom stereocenters. The van der Waals surface area contributed by atoms with Gasteiger partial charge in [-0.1, -0.05) is 0 Å². The molecule has 3 heterocycles. The zero-order valence-corrected chi connectivity index (χ0v) is 13.6. The molecule has 0 bridgehead atoms. The number of aromatic amines is 1. The van der Waals surface area contributed by atoms with Crippen LogP contribution < -0.4 is 5.56 Å². The average Bonchev–Trinajstić information content (AvgIpc) is 3.16. The summed E-state index contributed by atoms with van der Waals surface area (Å²) in [6.45, 7) is 0.523. The molecule has 0 fully saturated rings. The van der Waals surface area contributed by atoms with Crippen molar-refractivity contribution in [2.75, 3.05) is 6.54 Å². The van der Waals surface area contributed by atoms with Crippen molar-refractivity contribution < 1.29 is 17.6 Å². The lowest BCUT2D eigenvalue weighted by molar-refractivity contribution is 0.232. The minimum absolute atomic E-state index is 0.112. The second-order valence-corrected chi connectivity index (χ2v) is 6.10. The number of nitrogens with zero attached hydrogens (tertiary/aromatic N) is 2. The van der Waals surface area contributed by atoms with Crippen molar-refractivity contribution in [1.29, 1.82) is 0 Å². The minimum atomic E-state index is -1.19. The number of nitrogens with one attached hydrogen (secondary N) is 1. The highest BCUT2D eigenvalue weighted by Crippen LogP contribution is 2.23. The molecular weight excluding hydrogens is 347 g/mol.